The molecule has 1 aliphatic heterocycles. The Morgan fingerprint density at radius 1 is 1.26 bits per heavy atom. The molecule has 1 aliphatic rings. The molecule has 3 heteroatoms. The van der Waals surface area contributed by atoms with E-state index in [9.17, 15) is 0 Å². The van der Waals surface area contributed by atoms with Crippen molar-refractivity contribution in [1.29, 1.82) is 0 Å². The smallest absolute Gasteiger partial charge is 0.124 e. The van der Waals surface area contributed by atoms with Crippen LogP contribution in [-0.4, -0.2) is 26.3 Å². The zero-order valence-electron chi connectivity index (χ0n) is 12.2. The third-order valence-corrected chi connectivity index (χ3v) is 4.07. The normalized spacial score (nSPS) is 23.6. The topological polar surface area (TPSA) is 30.5 Å². The Kier molecular flexibility index (Phi) is 5.23. The molecule has 0 spiro atoms. The summed E-state index contributed by atoms with van der Waals surface area (Å²) >= 11 is 0. The summed E-state index contributed by atoms with van der Waals surface area (Å²) in [5, 5.41) is 3.50. The fraction of sp³-hybridized carbons (Fsp3) is 0.625. The van der Waals surface area contributed by atoms with Crippen LogP contribution in [0.4, 0.5) is 0 Å². The second-order valence-electron chi connectivity index (χ2n) is 5.14. The summed E-state index contributed by atoms with van der Waals surface area (Å²) in [6, 6.07) is 8.14. The Bertz CT molecular complexity index is 390. The summed E-state index contributed by atoms with van der Waals surface area (Å²) in [6.45, 7) is 6.30. The third-order valence-electron chi connectivity index (χ3n) is 4.07. The lowest BCUT2D eigenvalue weighted by molar-refractivity contribution is -0.0695. The Labute approximate surface area is 116 Å². The minimum atomic E-state index is 0.0931. The molecule has 19 heavy (non-hydrogen) atoms. The summed E-state index contributed by atoms with van der Waals surface area (Å²) in [6.07, 6.45) is 2.73. The van der Waals surface area contributed by atoms with Gasteiger partial charge in [0.05, 0.1) is 19.3 Å². The lowest BCUT2D eigenvalue weighted by Crippen LogP contribution is -2.44. The van der Waals surface area contributed by atoms with Gasteiger partial charge in [-0.05, 0) is 12.0 Å². The molecule has 0 bridgehead atoms. The Morgan fingerprint density at radius 3 is 2.68 bits per heavy atom. The van der Waals surface area contributed by atoms with E-state index < -0.39 is 0 Å². The summed E-state index contributed by atoms with van der Waals surface area (Å²) in [5.74, 6) is 1.55. The molecule has 2 unspecified atom stereocenters. The van der Waals surface area contributed by atoms with E-state index >= 15 is 0 Å². The number of nitrogens with one attached hydrogen (secondary N) is 1. The van der Waals surface area contributed by atoms with Gasteiger partial charge in [-0.3, -0.25) is 0 Å². The molecule has 1 aromatic carbocycles. The van der Waals surface area contributed by atoms with Crippen molar-refractivity contribution in [3.8, 4) is 5.75 Å². The maximum absolute atomic E-state index is 6.32. The molecule has 106 valence electrons. The lowest BCUT2D eigenvalue weighted by atomic mass is 9.94. The SMILES string of the molecule is CCC(CC)C1CNCC(c2ccccc2OC)O1. The van der Waals surface area contributed by atoms with Gasteiger partial charge in [-0.25, -0.2) is 0 Å². The summed E-state index contributed by atoms with van der Waals surface area (Å²) < 4.78 is 11.8. The predicted octanol–water partition coefficient (Wildman–Crippen LogP) is 3.16. The maximum atomic E-state index is 6.32. The number of methoxy groups -OCH3 is 1. The molecule has 1 heterocycles. The van der Waals surface area contributed by atoms with Crippen LogP contribution in [-0.2, 0) is 4.74 Å². The molecule has 2 atom stereocenters. The maximum Gasteiger partial charge on any atom is 0.124 e. The molecule has 0 radical (unpaired) electrons. The highest BCUT2D eigenvalue weighted by molar-refractivity contribution is 5.35. The van der Waals surface area contributed by atoms with Gasteiger partial charge in [0.2, 0.25) is 0 Å². The van der Waals surface area contributed by atoms with E-state index in [1.54, 1.807) is 7.11 Å². The third kappa shape index (κ3) is 3.28. The zero-order chi connectivity index (χ0) is 13.7. The quantitative estimate of drug-likeness (QED) is 0.885. The van der Waals surface area contributed by atoms with Crippen LogP contribution in [0, 0.1) is 5.92 Å². The molecule has 0 aliphatic carbocycles. The van der Waals surface area contributed by atoms with Crippen LogP contribution in [0.3, 0.4) is 0 Å². The number of hydrogen-bond acceptors (Lipinski definition) is 3. The lowest BCUT2D eigenvalue weighted by Gasteiger charge is -2.35. The Hall–Kier alpha value is -1.06. The van der Waals surface area contributed by atoms with Gasteiger partial charge in [-0.2, -0.15) is 0 Å². The van der Waals surface area contributed by atoms with E-state index in [2.05, 4.69) is 25.2 Å². The first-order valence-corrected chi connectivity index (χ1v) is 7.29. The van der Waals surface area contributed by atoms with Crippen LogP contribution < -0.4 is 10.1 Å². The van der Waals surface area contributed by atoms with E-state index in [0.717, 1.165) is 24.4 Å². The van der Waals surface area contributed by atoms with Crippen molar-refractivity contribution in [2.24, 2.45) is 5.92 Å². The van der Waals surface area contributed by atoms with Crippen molar-refractivity contribution in [2.45, 2.75) is 38.9 Å². The van der Waals surface area contributed by atoms with Gasteiger partial charge in [0.15, 0.2) is 0 Å². The van der Waals surface area contributed by atoms with Crippen LogP contribution in [0.15, 0.2) is 24.3 Å². The minimum absolute atomic E-state index is 0.0931. The van der Waals surface area contributed by atoms with Crippen molar-refractivity contribution in [1.82, 2.24) is 5.32 Å². The highest BCUT2D eigenvalue weighted by atomic mass is 16.5. The largest absolute Gasteiger partial charge is 0.496 e. The molecular formula is C16H25NO2. The van der Waals surface area contributed by atoms with Gasteiger partial charge in [0.25, 0.3) is 0 Å². The highest BCUT2D eigenvalue weighted by Crippen LogP contribution is 2.32. The van der Waals surface area contributed by atoms with Gasteiger partial charge in [-0.15, -0.1) is 0 Å². The van der Waals surface area contributed by atoms with E-state index in [1.807, 2.05) is 18.2 Å². The van der Waals surface area contributed by atoms with Gasteiger partial charge >= 0.3 is 0 Å². The molecule has 0 amide bonds. The zero-order valence-corrected chi connectivity index (χ0v) is 12.2. The molecule has 1 saturated heterocycles. The first kappa shape index (κ1) is 14.4. The number of rotatable bonds is 5. The molecular weight excluding hydrogens is 238 g/mol. The van der Waals surface area contributed by atoms with Gasteiger partial charge in [-0.1, -0.05) is 44.9 Å². The molecule has 1 N–H and O–H groups in total. The minimum Gasteiger partial charge on any atom is -0.496 e. The van der Waals surface area contributed by atoms with Crippen LogP contribution in [0.5, 0.6) is 5.75 Å². The van der Waals surface area contributed by atoms with Gasteiger partial charge < -0.3 is 14.8 Å². The van der Waals surface area contributed by atoms with Crippen molar-refractivity contribution in [3.63, 3.8) is 0 Å². The van der Waals surface area contributed by atoms with Crippen LogP contribution in [0.2, 0.25) is 0 Å². The molecule has 0 aromatic heterocycles. The second-order valence-corrected chi connectivity index (χ2v) is 5.14. The Balaban J connectivity index is 2.12. The molecule has 0 saturated carbocycles. The number of morpholine rings is 1. The first-order chi connectivity index (χ1) is 9.30. The van der Waals surface area contributed by atoms with Crippen molar-refractivity contribution in [2.75, 3.05) is 20.2 Å². The summed E-state index contributed by atoms with van der Waals surface area (Å²) in [4.78, 5) is 0. The van der Waals surface area contributed by atoms with E-state index in [1.165, 1.54) is 12.8 Å². The van der Waals surface area contributed by atoms with Crippen molar-refractivity contribution >= 4 is 0 Å². The second kappa shape index (κ2) is 6.92. The highest BCUT2D eigenvalue weighted by Gasteiger charge is 2.29. The van der Waals surface area contributed by atoms with E-state index in [0.29, 0.717) is 12.0 Å². The number of ether oxygens (including phenoxy) is 2. The molecule has 1 aromatic rings. The number of para-hydroxylation sites is 1. The monoisotopic (exact) mass is 263 g/mol. The Morgan fingerprint density at radius 2 is 2.00 bits per heavy atom. The predicted molar refractivity (Wildman–Crippen MR) is 77.5 cm³/mol. The standard InChI is InChI=1S/C16H25NO2/c1-4-12(5-2)15-10-17-11-16(19-15)13-8-6-7-9-14(13)18-3/h6-9,12,15-17H,4-5,10-11H2,1-3H3. The fourth-order valence-corrected chi connectivity index (χ4v) is 2.87. The van der Waals surface area contributed by atoms with Crippen molar-refractivity contribution in [3.05, 3.63) is 29.8 Å². The number of hydrogen-bond donors (Lipinski definition) is 1. The fourth-order valence-electron chi connectivity index (χ4n) is 2.87. The average Bonchev–Trinajstić information content (AvgIpc) is 2.49. The number of benzene rings is 1. The average molecular weight is 263 g/mol. The van der Waals surface area contributed by atoms with E-state index in [-0.39, 0.29) is 6.10 Å². The van der Waals surface area contributed by atoms with Gasteiger partial charge in [0.1, 0.15) is 5.75 Å². The molecule has 1 fully saturated rings. The van der Waals surface area contributed by atoms with Crippen molar-refractivity contribution < 1.29 is 9.47 Å². The van der Waals surface area contributed by atoms with Crippen LogP contribution >= 0.6 is 0 Å². The summed E-state index contributed by atoms with van der Waals surface area (Å²) in [7, 11) is 1.72. The first-order valence-electron chi connectivity index (χ1n) is 7.29. The molecule has 2 rings (SSSR count). The molecule has 3 nitrogen and oxygen atoms in total. The summed E-state index contributed by atoms with van der Waals surface area (Å²) in [5.41, 5.74) is 1.15. The van der Waals surface area contributed by atoms with Gasteiger partial charge in [0, 0.05) is 18.7 Å². The van der Waals surface area contributed by atoms with Crippen LogP contribution in [0.25, 0.3) is 0 Å². The van der Waals surface area contributed by atoms with Crippen LogP contribution in [0.1, 0.15) is 38.4 Å². The van der Waals surface area contributed by atoms with E-state index in [4.69, 9.17) is 9.47 Å².